The van der Waals surface area contributed by atoms with Gasteiger partial charge in [-0.1, -0.05) is 0 Å². The molecule has 0 bridgehead atoms. The largest absolute Gasteiger partial charge is 0.481 e. The number of nitro benzene ring substituents is 1. The van der Waals surface area contributed by atoms with Crippen molar-refractivity contribution in [2.24, 2.45) is 0 Å². The van der Waals surface area contributed by atoms with Gasteiger partial charge in [0.15, 0.2) is 0 Å². The van der Waals surface area contributed by atoms with Crippen molar-refractivity contribution in [1.29, 1.82) is 0 Å². The van der Waals surface area contributed by atoms with E-state index in [0.717, 1.165) is 12.1 Å². The molecule has 1 N–H and O–H groups in total. The standard InChI is InChI=1S/C12H12FIN2O5/c13-8-4-10(11(16(19)20)5-9(8)14)15-1-2-21-6-7(15)3-12(17)18/h4-5,7H,1-3,6H2,(H,17,18). The average Bonchev–Trinajstić information content (AvgIpc) is 2.41. The molecule has 1 aliphatic heterocycles. The molecule has 9 heteroatoms. The summed E-state index contributed by atoms with van der Waals surface area (Å²) >= 11 is 1.68. The fraction of sp³-hybridized carbons (Fsp3) is 0.417. The summed E-state index contributed by atoms with van der Waals surface area (Å²) in [4.78, 5) is 23.0. The monoisotopic (exact) mass is 410 g/mol. The second-order valence-electron chi connectivity index (χ2n) is 4.53. The van der Waals surface area contributed by atoms with E-state index in [0.29, 0.717) is 6.61 Å². The Labute approximate surface area is 133 Å². The Bertz CT molecular complexity index is 583. The van der Waals surface area contributed by atoms with Crippen molar-refractivity contribution in [3.05, 3.63) is 31.6 Å². The van der Waals surface area contributed by atoms with Crippen molar-refractivity contribution in [1.82, 2.24) is 0 Å². The molecular formula is C12H12FIN2O5. The van der Waals surface area contributed by atoms with E-state index >= 15 is 0 Å². The van der Waals surface area contributed by atoms with Crippen LogP contribution in [0.4, 0.5) is 15.8 Å². The molecule has 0 radical (unpaired) electrons. The molecule has 0 amide bonds. The smallest absolute Gasteiger partial charge is 0.305 e. The van der Waals surface area contributed by atoms with Gasteiger partial charge in [0.25, 0.3) is 5.69 Å². The van der Waals surface area contributed by atoms with Gasteiger partial charge in [-0.15, -0.1) is 0 Å². The first kappa shape index (κ1) is 15.9. The number of benzene rings is 1. The van der Waals surface area contributed by atoms with Crippen LogP contribution < -0.4 is 4.90 Å². The van der Waals surface area contributed by atoms with Gasteiger partial charge in [0.1, 0.15) is 11.5 Å². The number of anilines is 1. The van der Waals surface area contributed by atoms with Crippen LogP contribution in [0.2, 0.25) is 0 Å². The summed E-state index contributed by atoms with van der Waals surface area (Å²) in [6.45, 7) is 0.719. The van der Waals surface area contributed by atoms with E-state index in [4.69, 9.17) is 9.84 Å². The number of nitro groups is 1. The second-order valence-corrected chi connectivity index (χ2v) is 5.69. The zero-order chi connectivity index (χ0) is 15.6. The highest BCUT2D eigenvalue weighted by atomic mass is 127. The lowest BCUT2D eigenvalue weighted by atomic mass is 10.1. The number of hydrogen-bond acceptors (Lipinski definition) is 5. The summed E-state index contributed by atoms with van der Waals surface area (Å²) < 4.78 is 19.1. The molecule has 0 aromatic heterocycles. The first-order valence-corrected chi connectivity index (χ1v) is 7.17. The minimum atomic E-state index is -1.04. The van der Waals surface area contributed by atoms with Gasteiger partial charge in [-0.25, -0.2) is 4.39 Å². The summed E-state index contributed by atoms with van der Waals surface area (Å²) in [6, 6.07) is 1.67. The van der Waals surface area contributed by atoms with Gasteiger partial charge in [-0.2, -0.15) is 0 Å². The van der Waals surface area contributed by atoms with Crippen LogP contribution in [0.15, 0.2) is 12.1 Å². The fourth-order valence-corrected chi connectivity index (χ4v) is 2.70. The van der Waals surface area contributed by atoms with Crippen LogP contribution in [0.1, 0.15) is 6.42 Å². The number of carboxylic acids is 1. The molecule has 1 aromatic rings. The van der Waals surface area contributed by atoms with Gasteiger partial charge in [-0.3, -0.25) is 14.9 Å². The van der Waals surface area contributed by atoms with Gasteiger partial charge < -0.3 is 14.7 Å². The molecule has 1 fully saturated rings. The molecule has 0 spiro atoms. The number of hydrogen-bond donors (Lipinski definition) is 1. The van der Waals surface area contributed by atoms with E-state index in [1.807, 2.05) is 0 Å². The molecule has 1 aromatic carbocycles. The predicted molar refractivity (Wildman–Crippen MR) is 80.0 cm³/mol. The molecule has 1 heterocycles. The third-order valence-electron chi connectivity index (χ3n) is 3.16. The first-order valence-electron chi connectivity index (χ1n) is 6.09. The van der Waals surface area contributed by atoms with Gasteiger partial charge >= 0.3 is 5.97 Å². The van der Waals surface area contributed by atoms with Crippen molar-refractivity contribution in [2.45, 2.75) is 12.5 Å². The molecule has 21 heavy (non-hydrogen) atoms. The molecule has 0 aliphatic carbocycles. The third kappa shape index (κ3) is 3.59. The Morgan fingerprint density at radius 3 is 2.95 bits per heavy atom. The van der Waals surface area contributed by atoms with Crippen molar-refractivity contribution >= 4 is 39.9 Å². The van der Waals surface area contributed by atoms with Gasteiger partial charge in [0, 0.05) is 18.7 Å². The van der Waals surface area contributed by atoms with Gasteiger partial charge in [0.05, 0.1) is 34.2 Å². The number of carboxylic acid groups (broad SMARTS) is 1. The van der Waals surface area contributed by atoms with Gasteiger partial charge in [0.2, 0.25) is 0 Å². The van der Waals surface area contributed by atoms with Crippen LogP contribution >= 0.6 is 22.6 Å². The Morgan fingerprint density at radius 1 is 1.62 bits per heavy atom. The molecule has 1 unspecified atom stereocenters. The fourth-order valence-electron chi connectivity index (χ4n) is 2.24. The first-order chi connectivity index (χ1) is 9.90. The lowest BCUT2D eigenvalue weighted by Gasteiger charge is -2.36. The van der Waals surface area contributed by atoms with Crippen LogP contribution in [0.25, 0.3) is 0 Å². The quantitative estimate of drug-likeness (QED) is 0.464. The topological polar surface area (TPSA) is 92.9 Å². The van der Waals surface area contributed by atoms with E-state index < -0.39 is 22.8 Å². The van der Waals surface area contributed by atoms with E-state index in [-0.39, 0.29) is 34.5 Å². The average molecular weight is 410 g/mol. The zero-order valence-corrected chi connectivity index (χ0v) is 12.9. The Morgan fingerprint density at radius 2 is 2.33 bits per heavy atom. The van der Waals surface area contributed by atoms with Crippen molar-refractivity contribution in [3.8, 4) is 0 Å². The number of nitrogens with zero attached hydrogens (tertiary/aromatic N) is 2. The number of ether oxygens (including phenoxy) is 1. The molecule has 1 saturated heterocycles. The zero-order valence-electron chi connectivity index (χ0n) is 10.8. The van der Waals surface area contributed by atoms with E-state index in [1.165, 1.54) is 4.90 Å². The molecule has 2 rings (SSSR count). The van der Waals surface area contributed by atoms with Crippen molar-refractivity contribution in [3.63, 3.8) is 0 Å². The summed E-state index contributed by atoms with van der Waals surface area (Å²) in [5.41, 5.74) is -0.148. The highest BCUT2D eigenvalue weighted by Crippen LogP contribution is 2.34. The van der Waals surface area contributed by atoms with E-state index in [9.17, 15) is 19.3 Å². The highest BCUT2D eigenvalue weighted by molar-refractivity contribution is 14.1. The van der Waals surface area contributed by atoms with Crippen molar-refractivity contribution < 1.29 is 24.0 Å². The van der Waals surface area contributed by atoms with Crippen LogP contribution in [0.5, 0.6) is 0 Å². The third-order valence-corrected chi connectivity index (χ3v) is 3.99. The van der Waals surface area contributed by atoms with Crippen LogP contribution in [0, 0.1) is 19.5 Å². The molecule has 0 saturated carbocycles. The highest BCUT2D eigenvalue weighted by Gasteiger charge is 2.31. The number of aliphatic carboxylic acids is 1. The summed E-state index contributed by atoms with van der Waals surface area (Å²) in [7, 11) is 0. The maximum absolute atomic E-state index is 13.8. The summed E-state index contributed by atoms with van der Waals surface area (Å²) in [6.07, 6.45) is -0.231. The normalized spacial score (nSPS) is 18.6. The van der Waals surface area contributed by atoms with Crippen LogP contribution in [-0.2, 0) is 9.53 Å². The molecule has 114 valence electrons. The minimum absolute atomic E-state index is 0.0902. The lowest BCUT2D eigenvalue weighted by Crippen LogP contribution is -2.47. The SMILES string of the molecule is O=C(O)CC1COCCN1c1cc(F)c(I)cc1[N+](=O)[O-]. The van der Waals surface area contributed by atoms with Gasteiger partial charge in [-0.05, 0) is 22.6 Å². The molecule has 7 nitrogen and oxygen atoms in total. The van der Waals surface area contributed by atoms with Crippen molar-refractivity contribution in [2.75, 3.05) is 24.7 Å². The molecule has 1 atom stereocenters. The Kier molecular flexibility index (Phi) is 4.93. The van der Waals surface area contributed by atoms with E-state index in [1.54, 1.807) is 22.6 Å². The summed E-state index contributed by atoms with van der Waals surface area (Å²) in [5, 5.41) is 20.1. The second kappa shape index (κ2) is 6.52. The predicted octanol–water partition coefficient (Wildman–Crippen LogP) is 2.02. The number of halogens is 2. The Balaban J connectivity index is 2.44. The molecular weight excluding hydrogens is 398 g/mol. The number of rotatable bonds is 4. The minimum Gasteiger partial charge on any atom is -0.481 e. The number of morpholine rings is 1. The van der Waals surface area contributed by atoms with Crippen LogP contribution in [-0.4, -0.2) is 41.8 Å². The van der Waals surface area contributed by atoms with Crippen LogP contribution in [0.3, 0.4) is 0 Å². The summed E-state index contributed by atoms with van der Waals surface area (Å²) in [5.74, 6) is -1.61. The van der Waals surface area contributed by atoms with E-state index in [2.05, 4.69) is 0 Å². The molecule has 1 aliphatic rings. The lowest BCUT2D eigenvalue weighted by molar-refractivity contribution is -0.384. The number of carbonyl (C=O) groups is 1. The maximum atomic E-state index is 13.8. The maximum Gasteiger partial charge on any atom is 0.305 e. The Hall–Kier alpha value is -1.49.